The lowest BCUT2D eigenvalue weighted by molar-refractivity contribution is -0.128. The summed E-state index contributed by atoms with van der Waals surface area (Å²) in [6.45, 7) is 3.12. The van der Waals surface area contributed by atoms with E-state index in [9.17, 15) is 14.4 Å². The number of hydrogen-bond donors (Lipinski definition) is 1. The van der Waals surface area contributed by atoms with Gasteiger partial charge in [-0.3, -0.25) is 14.6 Å². The SMILES string of the molecule is CNC(=O)C1CN(C(=O)COC(=O)c2c(C)nc3ccccc3c2C)c2ccccc2O1. The van der Waals surface area contributed by atoms with Gasteiger partial charge in [-0.25, -0.2) is 4.79 Å². The van der Waals surface area contributed by atoms with Crippen molar-refractivity contribution in [3.63, 3.8) is 0 Å². The van der Waals surface area contributed by atoms with E-state index >= 15 is 0 Å². The van der Waals surface area contributed by atoms with Gasteiger partial charge < -0.3 is 19.7 Å². The third-order valence-corrected chi connectivity index (χ3v) is 5.48. The maximum absolute atomic E-state index is 13.0. The number of likely N-dealkylation sites (N-methyl/N-ethyl adjacent to an activating group) is 1. The van der Waals surface area contributed by atoms with E-state index in [2.05, 4.69) is 10.3 Å². The van der Waals surface area contributed by atoms with Gasteiger partial charge >= 0.3 is 5.97 Å². The molecule has 0 fully saturated rings. The minimum absolute atomic E-state index is 0.0165. The smallest absolute Gasteiger partial charge is 0.340 e. The van der Waals surface area contributed by atoms with E-state index < -0.39 is 24.6 Å². The lowest BCUT2D eigenvalue weighted by Gasteiger charge is -2.33. The van der Waals surface area contributed by atoms with Crippen molar-refractivity contribution >= 4 is 34.4 Å². The molecule has 1 atom stereocenters. The number of nitrogens with zero attached hydrogens (tertiary/aromatic N) is 2. The molecule has 1 unspecified atom stereocenters. The van der Waals surface area contributed by atoms with Crippen molar-refractivity contribution in [2.45, 2.75) is 20.0 Å². The van der Waals surface area contributed by atoms with Gasteiger partial charge in [0.2, 0.25) is 0 Å². The van der Waals surface area contributed by atoms with E-state index in [1.54, 1.807) is 31.2 Å². The Morgan fingerprint density at radius 1 is 1.12 bits per heavy atom. The van der Waals surface area contributed by atoms with Crippen molar-refractivity contribution in [1.82, 2.24) is 10.3 Å². The van der Waals surface area contributed by atoms with Gasteiger partial charge in [0, 0.05) is 12.4 Å². The molecular weight excluding hydrogens is 410 g/mol. The van der Waals surface area contributed by atoms with Crippen LogP contribution in [0.1, 0.15) is 21.6 Å². The van der Waals surface area contributed by atoms with Crippen LogP contribution >= 0.6 is 0 Å². The average Bonchev–Trinajstić information content (AvgIpc) is 2.81. The Morgan fingerprint density at radius 2 is 1.84 bits per heavy atom. The molecule has 0 spiro atoms. The number of hydrogen-bond acceptors (Lipinski definition) is 6. The molecule has 3 aromatic rings. The Balaban J connectivity index is 1.54. The zero-order chi connectivity index (χ0) is 22.8. The summed E-state index contributed by atoms with van der Waals surface area (Å²) in [5.41, 5.74) is 2.95. The average molecular weight is 433 g/mol. The lowest BCUT2D eigenvalue weighted by atomic mass is 10.0. The largest absolute Gasteiger partial charge is 0.477 e. The molecule has 0 saturated heterocycles. The normalized spacial score (nSPS) is 15.0. The number of carbonyl (C=O) groups excluding carboxylic acids is 3. The Labute approximate surface area is 185 Å². The number of amides is 2. The van der Waals surface area contributed by atoms with Crippen molar-refractivity contribution in [2.75, 3.05) is 25.1 Å². The number of carbonyl (C=O) groups is 3. The first kappa shape index (κ1) is 21.3. The van der Waals surface area contributed by atoms with E-state index in [4.69, 9.17) is 9.47 Å². The first-order valence-corrected chi connectivity index (χ1v) is 10.2. The number of rotatable bonds is 4. The van der Waals surface area contributed by atoms with E-state index in [1.807, 2.05) is 31.2 Å². The van der Waals surface area contributed by atoms with Gasteiger partial charge in [0.1, 0.15) is 5.75 Å². The minimum Gasteiger partial charge on any atom is -0.477 e. The second-order valence-corrected chi connectivity index (χ2v) is 7.48. The van der Waals surface area contributed by atoms with Crippen LogP contribution in [-0.2, 0) is 14.3 Å². The quantitative estimate of drug-likeness (QED) is 0.635. The molecule has 32 heavy (non-hydrogen) atoms. The van der Waals surface area contributed by atoms with Crippen LogP contribution < -0.4 is 15.0 Å². The second kappa shape index (κ2) is 8.66. The summed E-state index contributed by atoms with van der Waals surface area (Å²) in [5.74, 6) is -0.997. The zero-order valence-electron chi connectivity index (χ0n) is 18.0. The van der Waals surface area contributed by atoms with Gasteiger partial charge in [0.25, 0.3) is 11.8 Å². The molecule has 1 aliphatic rings. The van der Waals surface area contributed by atoms with E-state index in [0.29, 0.717) is 22.7 Å². The Morgan fingerprint density at radius 3 is 2.62 bits per heavy atom. The molecule has 2 aromatic carbocycles. The summed E-state index contributed by atoms with van der Waals surface area (Å²) in [5, 5.41) is 3.38. The van der Waals surface area contributed by atoms with Gasteiger partial charge in [-0.05, 0) is 37.6 Å². The molecule has 164 valence electrons. The van der Waals surface area contributed by atoms with Crippen LogP contribution in [0, 0.1) is 13.8 Å². The summed E-state index contributed by atoms with van der Waals surface area (Å²) in [7, 11) is 1.50. The summed E-state index contributed by atoms with van der Waals surface area (Å²) in [4.78, 5) is 43.8. The summed E-state index contributed by atoms with van der Waals surface area (Å²) in [6.07, 6.45) is -0.858. The molecule has 1 aromatic heterocycles. The number of fused-ring (bicyclic) bond motifs is 2. The molecule has 1 aliphatic heterocycles. The van der Waals surface area contributed by atoms with Gasteiger partial charge in [0.15, 0.2) is 12.7 Å². The van der Waals surface area contributed by atoms with Crippen LogP contribution in [0.5, 0.6) is 5.75 Å². The Bertz CT molecular complexity index is 1220. The molecule has 2 amide bonds. The zero-order valence-corrected chi connectivity index (χ0v) is 18.0. The summed E-state index contributed by atoms with van der Waals surface area (Å²) < 4.78 is 11.1. The molecule has 0 aliphatic carbocycles. The fourth-order valence-electron chi connectivity index (χ4n) is 3.88. The maximum Gasteiger partial charge on any atom is 0.340 e. The summed E-state index contributed by atoms with van der Waals surface area (Å²) in [6, 6.07) is 14.5. The van der Waals surface area contributed by atoms with Crippen LogP contribution in [0.3, 0.4) is 0 Å². The topological polar surface area (TPSA) is 97.8 Å². The van der Waals surface area contributed by atoms with Crippen LogP contribution in [0.15, 0.2) is 48.5 Å². The van der Waals surface area contributed by atoms with Gasteiger partial charge in [-0.15, -0.1) is 0 Å². The molecule has 0 saturated carbocycles. The Hall–Kier alpha value is -3.94. The molecule has 0 radical (unpaired) electrons. The monoisotopic (exact) mass is 433 g/mol. The Kier molecular flexibility index (Phi) is 5.77. The highest BCUT2D eigenvalue weighted by molar-refractivity contribution is 6.02. The number of nitrogens with one attached hydrogen (secondary N) is 1. The molecule has 1 N–H and O–H groups in total. The van der Waals surface area contributed by atoms with Gasteiger partial charge in [-0.2, -0.15) is 0 Å². The predicted octanol–water partition coefficient (Wildman–Crippen LogP) is 2.55. The van der Waals surface area contributed by atoms with E-state index in [1.165, 1.54) is 11.9 Å². The standard InChI is InChI=1S/C24H23N3O5/c1-14-16-8-4-5-9-17(16)26-15(2)22(14)24(30)31-13-21(28)27-12-20(23(29)25-3)32-19-11-7-6-10-18(19)27/h4-11,20H,12-13H2,1-3H3,(H,25,29). The van der Waals surface area contributed by atoms with E-state index in [0.717, 1.165) is 16.5 Å². The third-order valence-electron chi connectivity index (χ3n) is 5.48. The fraction of sp³-hybridized carbons (Fsp3) is 0.250. The predicted molar refractivity (Wildman–Crippen MR) is 119 cm³/mol. The van der Waals surface area contributed by atoms with Crippen molar-refractivity contribution in [2.24, 2.45) is 0 Å². The maximum atomic E-state index is 13.0. The van der Waals surface area contributed by atoms with Crippen LogP contribution in [0.4, 0.5) is 5.69 Å². The van der Waals surface area contributed by atoms with E-state index in [-0.39, 0.29) is 12.5 Å². The number of ether oxygens (including phenoxy) is 2. The first-order valence-electron chi connectivity index (χ1n) is 10.2. The number of anilines is 1. The van der Waals surface area contributed by atoms with Gasteiger partial charge in [-0.1, -0.05) is 30.3 Å². The highest BCUT2D eigenvalue weighted by Gasteiger charge is 2.33. The van der Waals surface area contributed by atoms with Crippen molar-refractivity contribution < 1.29 is 23.9 Å². The molecule has 8 nitrogen and oxygen atoms in total. The number of aryl methyl sites for hydroxylation is 2. The molecule has 0 bridgehead atoms. The van der Waals surface area contributed by atoms with Gasteiger partial charge in [0.05, 0.1) is 29.0 Å². The number of pyridine rings is 1. The number of esters is 1. The lowest BCUT2D eigenvalue weighted by Crippen LogP contribution is -2.51. The highest BCUT2D eigenvalue weighted by Crippen LogP contribution is 2.33. The fourth-order valence-corrected chi connectivity index (χ4v) is 3.88. The number of para-hydroxylation sites is 3. The first-order chi connectivity index (χ1) is 15.4. The van der Waals surface area contributed by atoms with Crippen molar-refractivity contribution in [1.29, 1.82) is 0 Å². The highest BCUT2D eigenvalue weighted by atomic mass is 16.5. The molecule has 4 rings (SSSR count). The van der Waals surface area contributed by atoms with Crippen LogP contribution in [-0.4, -0.2) is 49.1 Å². The third kappa shape index (κ3) is 3.87. The second-order valence-electron chi connectivity index (χ2n) is 7.48. The molecule has 2 heterocycles. The number of benzene rings is 2. The van der Waals surface area contributed by atoms with Crippen molar-refractivity contribution in [3.8, 4) is 5.75 Å². The molecular formula is C24H23N3O5. The van der Waals surface area contributed by atoms with Crippen LogP contribution in [0.25, 0.3) is 10.9 Å². The van der Waals surface area contributed by atoms with Crippen LogP contribution in [0.2, 0.25) is 0 Å². The minimum atomic E-state index is -0.858. The summed E-state index contributed by atoms with van der Waals surface area (Å²) >= 11 is 0. The number of aromatic nitrogens is 1. The molecule has 8 heteroatoms. The van der Waals surface area contributed by atoms with Crippen molar-refractivity contribution in [3.05, 3.63) is 65.4 Å².